The van der Waals surface area contributed by atoms with Crippen LogP contribution in [0, 0.1) is 0 Å². The second-order valence-corrected chi connectivity index (χ2v) is 12.6. The first-order valence-corrected chi connectivity index (χ1v) is 18.3. The molecule has 11 nitrogen and oxygen atoms in total. The van der Waals surface area contributed by atoms with Crippen LogP contribution in [0.2, 0.25) is 0 Å². The van der Waals surface area contributed by atoms with E-state index in [2.05, 4.69) is 13.2 Å². The lowest BCUT2D eigenvalue weighted by atomic mass is 9.87. The van der Waals surface area contributed by atoms with Crippen LogP contribution >= 0.6 is 0 Å². The standard InChI is InChI=1S/C46H42O11/c1-3-42(47)54-28-6-26-52-38-22-14-34(15-23-38)45(50)56-40-18-10-32(11-19-40)30-36-8-5-9-37(44(36)49)31-33-12-20-41(21-13-33)57-46(51)35-16-24-39(25-17-35)53-27-7-29-55-43(48)4-2/h3-4,10-25,30-31H,1-2,5-9,26-29H2/b36-30+,37-31+. The molecule has 0 radical (unpaired) electrons. The maximum atomic E-state index is 13.4. The number of ether oxygens (including phenoxy) is 6. The van der Waals surface area contributed by atoms with Crippen LogP contribution in [-0.2, 0) is 23.9 Å². The van der Waals surface area contributed by atoms with E-state index < -0.39 is 23.9 Å². The molecule has 0 bridgehead atoms. The van der Waals surface area contributed by atoms with E-state index in [-0.39, 0.29) is 19.0 Å². The number of benzene rings is 4. The molecule has 0 saturated heterocycles. The Morgan fingerprint density at radius 1 is 0.509 bits per heavy atom. The smallest absolute Gasteiger partial charge is 0.343 e. The predicted octanol–water partition coefficient (Wildman–Crippen LogP) is 8.34. The van der Waals surface area contributed by atoms with E-state index >= 15 is 0 Å². The molecule has 292 valence electrons. The highest BCUT2D eigenvalue weighted by Crippen LogP contribution is 2.29. The lowest BCUT2D eigenvalue weighted by Gasteiger charge is -2.17. The van der Waals surface area contributed by atoms with E-state index in [0.29, 0.717) is 84.2 Å². The molecule has 0 amide bonds. The maximum absolute atomic E-state index is 13.4. The second kappa shape index (κ2) is 21.2. The van der Waals surface area contributed by atoms with Gasteiger partial charge in [-0.25, -0.2) is 19.2 Å². The molecule has 0 heterocycles. The largest absolute Gasteiger partial charge is 0.493 e. The summed E-state index contributed by atoms with van der Waals surface area (Å²) in [6, 6.07) is 27.0. The quantitative estimate of drug-likeness (QED) is 0.0417. The lowest BCUT2D eigenvalue weighted by Crippen LogP contribution is -2.12. The van der Waals surface area contributed by atoms with Gasteiger partial charge in [0.05, 0.1) is 37.6 Å². The van der Waals surface area contributed by atoms with Crippen molar-refractivity contribution in [2.75, 3.05) is 26.4 Å². The van der Waals surface area contributed by atoms with Crippen molar-refractivity contribution < 1.29 is 52.4 Å². The summed E-state index contributed by atoms with van der Waals surface area (Å²) < 4.78 is 32.1. The second-order valence-electron chi connectivity index (χ2n) is 12.6. The summed E-state index contributed by atoms with van der Waals surface area (Å²) in [7, 11) is 0. The van der Waals surface area contributed by atoms with Crippen molar-refractivity contribution in [1.82, 2.24) is 0 Å². The van der Waals surface area contributed by atoms with Crippen LogP contribution in [0.25, 0.3) is 12.2 Å². The first-order chi connectivity index (χ1) is 27.7. The number of carbonyl (C=O) groups excluding carboxylic acids is 5. The minimum atomic E-state index is -0.524. The monoisotopic (exact) mass is 770 g/mol. The number of Topliss-reactive ketones (excluding diaryl/α,β-unsaturated/α-hetero) is 1. The first-order valence-electron chi connectivity index (χ1n) is 18.3. The van der Waals surface area contributed by atoms with Gasteiger partial charge in [-0.1, -0.05) is 37.4 Å². The van der Waals surface area contributed by atoms with E-state index in [0.717, 1.165) is 29.7 Å². The molecule has 1 aliphatic carbocycles. The van der Waals surface area contributed by atoms with Gasteiger partial charge >= 0.3 is 23.9 Å². The molecule has 0 spiro atoms. The number of ketones is 1. The fourth-order valence-corrected chi connectivity index (χ4v) is 5.51. The third-order valence-corrected chi connectivity index (χ3v) is 8.46. The number of hydrogen-bond donors (Lipinski definition) is 0. The Hall–Kier alpha value is -7.01. The summed E-state index contributed by atoms with van der Waals surface area (Å²) in [5.41, 5.74) is 3.69. The Balaban J connectivity index is 1.08. The third kappa shape index (κ3) is 13.1. The Labute approximate surface area is 330 Å². The van der Waals surface area contributed by atoms with Gasteiger partial charge in [0.15, 0.2) is 5.78 Å². The molecule has 0 unspecified atom stereocenters. The van der Waals surface area contributed by atoms with Crippen LogP contribution in [0.4, 0.5) is 0 Å². The zero-order valence-corrected chi connectivity index (χ0v) is 31.3. The van der Waals surface area contributed by atoms with Gasteiger partial charge in [-0.05, 0) is 115 Å². The molecule has 0 aliphatic heterocycles. The average molecular weight is 771 g/mol. The van der Waals surface area contributed by atoms with Gasteiger partial charge in [0.1, 0.15) is 23.0 Å². The highest BCUT2D eigenvalue weighted by Gasteiger charge is 2.21. The minimum absolute atomic E-state index is 0.0284. The number of allylic oxidation sites excluding steroid dienone is 2. The zero-order valence-electron chi connectivity index (χ0n) is 31.3. The van der Waals surface area contributed by atoms with Crippen molar-refractivity contribution in [3.05, 3.63) is 156 Å². The lowest BCUT2D eigenvalue weighted by molar-refractivity contribution is -0.138. The maximum Gasteiger partial charge on any atom is 0.343 e. The highest BCUT2D eigenvalue weighted by atomic mass is 16.5. The van der Waals surface area contributed by atoms with Crippen molar-refractivity contribution in [3.63, 3.8) is 0 Å². The topological polar surface area (TPSA) is 141 Å². The molecule has 4 aromatic carbocycles. The van der Waals surface area contributed by atoms with Gasteiger partial charge in [-0.15, -0.1) is 0 Å². The van der Waals surface area contributed by atoms with Crippen LogP contribution in [0.15, 0.2) is 134 Å². The van der Waals surface area contributed by atoms with E-state index in [9.17, 15) is 24.0 Å². The summed E-state index contributed by atoms with van der Waals surface area (Å²) >= 11 is 0. The normalized spacial score (nSPS) is 13.6. The third-order valence-electron chi connectivity index (χ3n) is 8.46. The summed E-state index contributed by atoms with van der Waals surface area (Å²) in [5.74, 6) is -0.178. The number of esters is 4. The Kier molecular flexibility index (Phi) is 15.3. The summed E-state index contributed by atoms with van der Waals surface area (Å²) in [6.07, 6.45) is 9.05. The van der Waals surface area contributed by atoms with Crippen LogP contribution in [0.1, 0.15) is 63.9 Å². The predicted molar refractivity (Wildman–Crippen MR) is 213 cm³/mol. The SMILES string of the molecule is C=CC(=O)OCCCOc1ccc(C(=O)Oc2ccc(/C=C3\CCC/C(=C\c4ccc(OC(=O)c5ccc(OCCCOC(=O)C=C)cc5)cc4)C3=O)cc2)cc1. The van der Waals surface area contributed by atoms with Gasteiger partial charge in [-0.2, -0.15) is 0 Å². The average Bonchev–Trinajstić information content (AvgIpc) is 3.23. The van der Waals surface area contributed by atoms with E-state index in [1.165, 1.54) is 0 Å². The van der Waals surface area contributed by atoms with Crippen LogP contribution in [0.5, 0.6) is 23.0 Å². The van der Waals surface area contributed by atoms with Crippen molar-refractivity contribution in [2.24, 2.45) is 0 Å². The molecular formula is C46H42O11. The molecule has 1 aliphatic rings. The minimum Gasteiger partial charge on any atom is -0.493 e. The molecule has 4 aromatic rings. The van der Waals surface area contributed by atoms with Gasteiger partial charge in [-0.3, -0.25) is 4.79 Å². The number of hydrogen-bond acceptors (Lipinski definition) is 11. The van der Waals surface area contributed by atoms with Crippen molar-refractivity contribution in [1.29, 1.82) is 0 Å². The van der Waals surface area contributed by atoms with Gasteiger partial charge in [0, 0.05) is 36.1 Å². The summed E-state index contributed by atoms with van der Waals surface area (Å²) in [5, 5.41) is 0. The van der Waals surface area contributed by atoms with Crippen LogP contribution in [0.3, 0.4) is 0 Å². The summed E-state index contributed by atoms with van der Waals surface area (Å²) in [4.78, 5) is 61.0. The highest BCUT2D eigenvalue weighted by molar-refractivity contribution is 6.14. The Bertz CT molecular complexity index is 1960. The summed E-state index contributed by atoms with van der Waals surface area (Å²) in [6.45, 7) is 7.81. The Morgan fingerprint density at radius 3 is 1.25 bits per heavy atom. The van der Waals surface area contributed by atoms with Crippen molar-refractivity contribution in [3.8, 4) is 23.0 Å². The number of carbonyl (C=O) groups is 5. The fraction of sp³-hybridized carbons (Fsp3) is 0.196. The van der Waals surface area contributed by atoms with Crippen LogP contribution < -0.4 is 18.9 Å². The van der Waals surface area contributed by atoms with Crippen molar-refractivity contribution in [2.45, 2.75) is 32.1 Å². The molecule has 11 heteroatoms. The molecule has 57 heavy (non-hydrogen) atoms. The molecular weight excluding hydrogens is 728 g/mol. The van der Waals surface area contributed by atoms with Gasteiger partial charge in [0.2, 0.25) is 0 Å². The molecule has 5 rings (SSSR count). The van der Waals surface area contributed by atoms with E-state index in [4.69, 9.17) is 28.4 Å². The van der Waals surface area contributed by atoms with Gasteiger partial charge in [0.25, 0.3) is 0 Å². The molecule has 0 N–H and O–H groups in total. The molecule has 1 saturated carbocycles. The fourth-order valence-electron chi connectivity index (χ4n) is 5.51. The van der Waals surface area contributed by atoms with E-state index in [1.54, 1.807) is 97.1 Å². The van der Waals surface area contributed by atoms with Crippen LogP contribution in [-0.4, -0.2) is 56.1 Å². The first kappa shape index (κ1) is 41.2. The van der Waals surface area contributed by atoms with Crippen molar-refractivity contribution >= 4 is 41.8 Å². The molecule has 0 atom stereocenters. The number of rotatable bonds is 18. The Morgan fingerprint density at radius 2 is 0.877 bits per heavy atom. The molecule has 1 fully saturated rings. The molecule has 0 aromatic heterocycles. The zero-order chi connectivity index (χ0) is 40.4. The van der Waals surface area contributed by atoms with Gasteiger partial charge < -0.3 is 28.4 Å². The van der Waals surface area contributed by atoms with E-state index in [1.807, 2.05) is 12.2 Å².